The highest BCUT2D eigenvalue weighted by atomic mass is 16.5. The lowest BCUT2D eigenvalue weighted by Gasteiger charge is -2.36. The zero-order valence-corrected chi connectivity index (χ0v) is 11.4. The van der Waals surface area contributed by atoms with Gasteiger partial charge in [0.1, 0.15) is 0 Å². The molecule has 1 heterocycles. The first-order valence-electron chi connectivity index (χ1n) is 6.86. The molecule has 2 N–H and O–H groups in total. The minimum Gasteiger partial charge on any atom is -0.383 e. The van der Waals surface area contributed by atoms with E-state index in [0.717, 1.165) is 58.5 Å². The van der Waals surface area contributed by atoms with Gasteiger partial charge >= 0.3 is 0 Å². The maximum Gasteiger partial charge on any atom is 0.0617 e. The molecule has 0 spiro atoms. The van der Waals surface area contributed by atoms with Gasteiger partial charge in [-0.05, 0) is 32.2 Å². The normalized spacial score (nSPS) is 20.6. The van der Waals surface area contributed by atoms with Crippen molar-refractivity contribution in [2.75, 3.05) is 40.0 Å². The zero-order chi connectivity index (χ0) is 12.5. The highest BCUT2D eigenvalue weighted by molar-refractivity contribution is 4.78. The Morgan fingerprint density at radius 3 is 2.59 bits per heavy atom. The van der Waals surface area contributed by atoms with Gasteiger partial charge in [0, 0.05) is 32.8 Å². The fourth-order valence-corrected chi connectivity index (χ4v) is 2.41. The van der Waals surface area contributed by atoms with Crippen LogP contribution in [0.4, 0.5) is 0 Å². The number of nitrogens with zero attached hydrogens (tertiary/aromatic N) is 1. The van der Waals surface area contributed by atoms with Crippen LogP contribution in [-0.2, 0) is 9.47 Å². The Hall–Kier alpha value is -0.160. The monoisotopic (exact) mass is 244 g/mol. The number of rotatable bonds is 8. The number of hydrogen-bond donors (Lipinski definition) is 1. The van der Waals surface area contributed by atoms with Crippen LogP contribution in [0.5, 0.6) is 0 Å². The van der Waals surface area contributed by atoms with Crippen molar-refractivity contribution in [2.24, 2.45) is 5.73 Å². The van der Waals surface area contributed by atoms with E-state index in [-0.39, 0.29) is 0 Å². The van der Waals surface area contributed by atoms with Crippen LogP contribution in [0.3, 0.4) is 0 Å². The second-order valence-corrected chi connectivity index (χ2v) is 4.77. The van der Waals surface area contributed by atoms with Crippen molar-refractivity contribution in [3.05, 3.63) is 0 Å². The second kappa shape index (κ2) is 8.86. The Labute approximate surface area is 105 Å². The van der Waals surface area contributed by atoms with Gasteiger partial charge in [-0.2, -0.15) is 0 Å². The van der Waals surface area contributed by atoms with Crippen molar-refractivity contribution in [3.8, 4) is 0 Å². The van der Waals surface area contributed by atoms with E-state index in [4.69, 9.17) is 15.2 Å². The van der Waals surface area contributed by atoms with Crippen LogP contribution in [0.1, 0.15) is 32.6 Å². The first-order chi connectivity index (χ1) is 8.31. The average molecular weight is 244 g/mol. The zero-order valence-electron chi connectivity index (χ0n) is 11.4. The number of nitrogens with two attached hydrogens (primary N) is 1. The summed E-state index contributed by atoms with van der Waals surface area (Å²) < 4.78 is 11.1. The van der Waals surface area contributed by atoms with Crippen LogP contribution in [0, 0.1) is 0 Å². The molecule has 0 aromatic heterocycles. The predicted octanol–water partition coefficient (Wildman–Crippen LogP) is 1.24. The van der Waals surface area contributed by atoms with Gasteiger partial charge in [-0.1, -0.05) is 6.92 Å². The SMILES string of the molecule is CCC(COC)N1CCC(OCCCN)CC1. The lowest BCUT2D eigenvalue weighted by atomic mass is 10.0. The molecule has 1 saturated heterocycles. The fourth-order valence-electron chi connectivity index (χ4n) is 2.41. The van der Waals surface area contributed by atoms with Crippen LogP contribution < -0.4 is 5.73 Å². The molecule has 1 rings (SSSR count). The van der Waals surface area contributed by atoms with E-state index in [1.165, 1.54) is 0 Å². The number of piperidine rings is 1. The summed E-state index contributed by atoms with van der Waals surface area (Å²) in [5, 5.41) is 0. The van der Waals surface area contributed by atoms with Crippen LogP contribution >= 0.6 is 0 Å². The second-order valence-electron chi connectivity index (χ2n) is 4.77. The van der Waals surface area contributed by atoms with E-state index >= 15 is 0 Å². The third-order valence-corrected chi connectivity index (χ3v) is 3.53. The van der Waals surface area contributed by atoms with E-state index in [2.05, 4.69) is 11.8 Å². The molecular weight excluding hydrogens is 216 g/mol. The molecule has 0 aromatic carbocycles. The maximum absolute atomic E-state index is 5.81. The van der Waals surface area contributed by atoms with Crippen LogP contribution in [0.15, 0.2) is 0 Å². The van der Waals surface area contributed by atoms with E-state index in [1.807, 2.05) is 0 Å². The number of likely N-dealkylation sites (tertiary alicyclic amines) is 1. The third-order valence-electron chi connectivity index (χ3n) is 3.53. The molecule has 0 aliphatic carbocycles. The molecule has 4 heteroatoms. The molecule has 0 radical (unpaired) electrons. The minimum absolute atomic E-state index is 0.442. The molecule has 1 fully saturated rings. The summed E-state index contributed by atoms with van der Waals surface area (Å²) in [6, 6.07) is 0.574. The molecule has 0 saturated carbocycles. The molecule has 1 aliphatic rings. The molecule has 0 amide bonds. The van der Waals surface area contributed by atoms with Gasteiger partial charge < -0.3 is 15.2 Å². The maximum atomic E-state index is 5.81. The first-order valence-corrected chi connectivity index (χ1v) is 6.86. The highest BCUT2D eigenvalue weighted by Crippen LogP contribution is 2.17. The Morgan fingerprint density at radius 1 is 1.35 bits per heavy atom. The van der Waals surface area contributed by atoms with Crippen molar-refractivity contribution in [1.29, 1.82) is 0 Å². The lowest BCUT2D eigenvalue weighted by molar-refractivity contribution is -0.0126. The van der Waals surface area contributed by atoms with Gasteiger partial charge in [-0.3, -0.25) is 4.90 Å². The van der Waals surface area contributed by atoms with E-state index in [1.54, 1.807) is 7.11 Å². The van der Waals surface area contributed by atoms with Crippen LogP contribution in [0.2, 0.25) is 0 Å². The smallest absolute Gasteiger partial charge is 0.0617 e. The van der Waals surface area contributed by atoms with Crippen molar-refractivity contribution in [2.45, 2.75) is 44.8 Å². The van der Waals surface area contributed by atoms with Gasteiger partial charge in [0.05, 0.1) is 12.7 Å². The number of ether oxygens (including phenoxy) is 2. The number of methoxy groups -OCH3 is 1. The largest absolute Gasteiger partial charge is 0.383 e. The molecule has 4 nitrogen and oxygen atoms in total. The lowest BCUT2D eigenvalue weighted by Crippen LogP contribution is -2.45. The Bertz CT molecular complexity index is 182. The molecule has 102 valence electrons. The summed E-state index contributed by atoms with van der Waals surface area (Å²) in [5.74, 6) is 0. The molecule has 0 aromatic rings. The molecule has 1 atom stereocenters. The summed E-state index contributed by atoms with van der Waals surface area (Å²) in [5.41, 5.74) is 5.46. The van der Waals surface area contributed by atoms with Crippen molar-refractivity contribution >= 4 is 0 Å². The third kappa shape index (κ3) is 5.34. The Kier molecular flexibility index (Phi) is 7.77. The van der Waals surface area contributed by atoms with Gasteiger partial charge in [0.2, 0.25) is 0 Å². The summed E-state index contributed by atoms with van der Waals surface area (Å²) in [7, 11) is 1.78. The van der Waals surface area contributed by atoms with Gasteiger partial charge in [0.25, 0.3) is 0 Å². The van der Waals surface area contributed by atoms with Crippen LogP contribution in [-0.4, -0.2) is 57.0 Å². The molecule has 17 heavy (non-hydrogen) atoms. The summed E-state index contributed by atoms with van der Waals surface area (Å²) >= 11 is 0. The number of hydrogen-bond acceptors (Lipinski definition) is 4. The van der Waals surface area contributed by atoms with Crippen LogP contribution in [0.25, 0.3) is 0 Å². The Morgan fingerprint density at radius 2 is 2.06 bits per heavy atom. The summed E-state index contributed by atoms with van der Waals surface area (Å²) in [4.78, 5) is 2.53. The van der Waals surface area contributed by atoms with Crippen molar-refractivity contribution in [1.82, 2.24) is 4.90 Å². The van der Waals surface area contributed by atoms with Gasteiger partial charge in [0.15, 0.2) is 0 Å². The molecule has 1 aliphatic heterocycles. The highest BCUT2D eigenvalue weighted by Gasteiger charge is 2.24. The van der Waals surface area contributed by atoms with E-state index < -0.39 is 0 Å². The molecule has 1 unspecified atom stereocenters. The quantitative estimate of drug-likeness (QED) is 0.653. The topological polar surface area (TPSA) is 47.7 Å². The average Bonchev–Trinajstić information content (AvgIpc) is 2.37. The molecular formula is C13H28N2O2. The standard InChI is InChI=1S/C13H28N2O2/c1-3-12(11-16-2)15-8-5-13(6-9-15)17-10-4-7-14/h12-13H,3-11,14H2,1-2H3. The van der Waals surface area contributed by atoms with E-state index in [0.29, 0.717) is 12.1 Å². The van der Waals surface area contributed by atoms with Gasteiger partial charge in [-0.15, -0.1) is 0 Å². The van der Waals surface area contributed by atoms with Crippen molar-refractivity contribution < 1.29 is 9.47 Å². The predicted molar refractivity (Wildman–Crippen MR) is 70.2 cm³/mol. The summed E-state index contributed by atoms with van der Waals surface area (Å²) in [6.45, 7) is 6.88. The molecule has 0 bridgehead atoms. The first kappa shape index (κ1) is 14.9. The Balaban J connectivity index is 2.19. The van der Waals surface area contributed by atoms with Crippen molar-refractivity contribution in [3.63, 3.8) is 0 Å². The van der Waals surface area contributed by atoms with E-state index in [9.17, 15) is 0 Å². The fraction of sp³-hybridized carbons (Fsp3) is 1.00. The summed E-state index contributed by atoms with van der Waals surface area (Å²) in [6.07, 6.45) is 4.86. The minimum atomic E-state index is 0.442. The van der Waals surface area contributed by atoms with Gasteiger partial charge in [-0.25, -0.2) is 0 Å².